The Kier molecular flexibility index (Phi) is 4.07. The zero-order chi connectivity index (χ0) is 14.0. The lowest BCUT2D eigenvalue weighted by atomic mass is 10.2. The number of nitrogen functional groups attached to an aromatic ring is 1. The highest BCUT2D eigenvalue weighted by atomic mass is 32.3. The largest absolute Gasteiger partial charge is 0.497 e. The molecule has 7 nitrogen and oxygen atoms in total. The Balaban J connectivity index is 2.98. The van der Waals surface area contributed by atoms with Gasteiger partial charge in [-0.3, -0.25) is 4.72 Å². The summed E-state index contributed by atoms with van der Waals surface area (Å²) in [5.41, 5.74) is 5.87. The standard InChI is InChI=1S/C9H14N2O5S2/c1-16-7-3-4-9(8(10)5-7)11-18(14,15)6-17(2,12)13/h3-5,11H,6,10H2,1-2H3. The molecule has 0 bridgehead atoms. The second kappa shape index (κ2) is 5.02. The first-order valence-electron chi connectivity index (χ1n) is 4.75. The van der Waals surface area contributed by atoms with Crippen LogP contribution in [-0.4, -0.2) is 35.3 Å². The lowest BCUT2D eigenvalue weighted by Gasteiger charge is -2.10. The van der Waals surface area contributed by atoms with Gasteiger partial charge in [0.25, 0.3) is 0 Å². The summed E-state index contributed by atoms with van der Waals surface area (Å²) in [5, 5.41) is -0.995. The fourth-order valence-electron chi connectivity index (χ4n) is 1.24. The van der Waals surface area contributed by atoms with Crippen LogP contribution in [0.5, 0.6) is 5.75 Å². The number of nitrogens with one attached hydrogen (secondary N) is 1. The average molecular weight is 294 g/mol. The number of anilines is 2. The molecule has 0 heterocycles. The summed E-state index contributed by atoms with van der Waals surface area (Å²) in [6.07, 6.45) is 0.837. The van der Waals surface area contributed by atoms with Gasteiger partial charge in [-0.05, 0) is 12.1 Å². The van der Waals surface area contributed by atoms with Gasteiger partial charge in [-0.1, -0.05) is 0 Å². The fourth-order valence-corrected chi connectivity index (χ4v) is 4.25. The summed E-state index contributed by atoms with van der Waals surface area (Å²) in [4.78, 5) is 0. The van der Waals surface area contributed by atoms with E-state index in [0.29, 0.717) is 5.75 Å². The van der Waals surface area contributed by atoms with Crippen molar-refractivity contribution in [1.82, 2.24) is 0 Å². The quantitative estimate of drug-likeness (QED) is 0.740. The van der Waals surface area contributed by atoms with Gasteiger partial charge in [0.2, 0.25) is 10.0 Å². The van der Waals surface area contributed by atoms with Gasteiger partial charge in [0.1, 0.15) is 5.75 Å². The first-order chi connectivity index (χ1) is 8.13. The van der Waals surface area contributed by atoms with E-state index in [0.717, 1.165) is 6.26 Å². The van der Waals surface area contributed by atoms with Crippen molar-refractivity contribution < 1.29 is 21.6 Å². The van der Waals surface area contributed by atoms with Gasteiger partial charge in [-0.25, -0.2) is 16.8 Å². The molecular formula is C9H14N2O5S2. The molecule has 0 aromatic heterocycles. The SMILES string of the molecule is COc1ccc(NS(=O)(=O)CS(C)(=O)=O)c(N)c1. The first kappa shape index (κ1) is 14.6. The number of ether oxygens (including phenoxy) is 1. The Morgan fingerprint density at radius 2 is 1.89 bits per heavy atom. The molecule has 18 heavy (non-hydrogen) atoms. The van der Waals surface area contributed by atoms with Gasteiger partial charge in [-0.15, -0.1) is 0 Å². The molecule has 0 spiro atoms. The zero-order valence-corrected chi connectivity index (χ0v) is 11.5. The van der Waals surface area contributed by atoms with E-state index in [-0.39, 0.29) is 11.4 Å². The van der Waals surface area contributed by atoms with Crippen LogP contribution in [0.25, 0.3) is 0 Å². The van der Waals surface area contributed by atoms with Crippen LogP contribution in [-0.2, 0) is 19.9 Å². The molecule has 0 unspecified atom stereocenters. The third kappa shape index (κ3) is 4.41. The Bertz CT molecular complexity index is 637. The number of hydrogen-bond acceptors (Lipinski definition) is 6. The average Bonchev–Trinajstić information content (AvgIpc) is 2.17. The van der Waals surface area contributed by atoms with Gasteiger partial charge < -0.3 is 10.5 Å². The number of sulfonamides is 1. The molecular weight excluding hydrogens is 280 g/mol. The Morgan fingerprint density at radius 3 is 2.33 bits per heavy atom. The normalized spacial score (nSPS) is 12.1. The maximum atomic E-state index is 11.5. The van der Waals surface area contributed by atoms with Crippen molar-refractivity contribution in [3.8, 4) is 5.75 Å². The zero-order valence-electron chi connectivity index (χ0n) is 9.87. The molecule has 0 saturated heterocycles. The summed E-state index contributed by atoms with van der Waals surface area (Å²) in [7, 11) is -6.19. The highest BCUT2D eigenvalue weighted by Crippen LogP contribution is 2.25. The lowest BCUT2D eigenvalue weighted by Crippen LogP contribution is -2.22. The van der Waals surface area contributed by atoms with E-state index in [4.69, 9.17) is 10.5 Å². The molecule has 0 fully saturated rings. The van der Waals surface area contributed by atoms with Crippen molar-refractivity contribution in [1.29, 1.82) is 0 Å². The minimum absolute atomic E-state index is 0.111. The maximum Gasteiger partial charge on any atom is 0.247 e. The maximum absolute atomic E-state index is 11.5. The number of benzene rings is 1. The molecule has 0 amide bonds. The predicted molar refractivity (Wildman–Crippen MR) is 69.7 cm³/mol. The highest BCUT2D eigenvalue weighted by molar-refractivity contribution is 8.08. The molecule has 0 aliphatic rings. The monoisotopic (exact) mass is 294 g/mol. The molecule has 0 radical (unpaired) electrons. The first-order valence-corrected chi connectivity index (χ1v) is 8.46. The van der Waals surface area contributed by atoms with E-state index in [1.165, 1.54) is 25.3 Å². The van der Waals surface area contributed by atoms with Crippen LogP contribution in [0, 0.1) is 0 Å². The summed E-state index contributed by atoms with van der Waals surface area (Å²) in [5.74, 6) is 0.471. The van der Waals surface area contributed by atoms with E-state index in [1.54, 1.807) is 0 Å². The van der Waals surface area contributed by atoms with Crippen LogP contribution in [0.3, 0.4) is 0 Å². The molecule has 1 aromatic rings. The second-order valence-corrected chi connectivity index (χ2v) is 7.94. The topological polar surface area (TPSA) is 116 Å². The van der Waals surface area contributed by atoms with Crippen LogP contribution < -0.4 is 15.2 Å². The highest BCUT2D eigenvalue weighted by Gasteiger charge is 2.19. The van der Waals surface area contributed by atoms with Gasteiger partial charge in [-0.2, -0.15) is 0 Å². The minimum atomic E-state index is -3.99. The van der Waals surface area contributed by atoms with Gasteiger partial charge in [0.05, 0.1) is 18.5 Å². The predicted octanol–water partition coefficient (Wildman–Crippen LogP) is 0.0212. The van der Waals surface area contributed by atoms with Crippen LogP contribution in [0.1, 0.15) is 0 Å². The Morgan fingerprint density at radius 1 is 1.28 bits per heavy atom. The smallest absolute Gasteiger partial charge is 0.247 e. The molecule has 102 valence electrons. The fraction of sp³-hybridized carbons (Fsp3) is 0.333. The van der Waals surface area contributed by atoms with Crippen LogP contribution in [0.2, 0.25) is 0 Å². The van der Waals surface area contributed by atoms with E-state index >= 15 is 0 Å². The molecule has 1 aromatic carbocycles. The Hall–Kier alpha value is -1.48. The summed E-state index contributed by atoms with van der Waals surface area (Å²) >= 11 is 0. The van der Waals surface area contributed by atoms with Gasteiger partial charge in [0.15, 0.2) is 14.9 Å². The number of nitrogens with two attached hydrogens (primary N) is 1. The van der Waals surface area contributed by atoms with E-state index in [9.17, 15) is 16.8 Å². The molecule has 1 rings (SSSR count). The molecule has 0 atom stereocenters. The van der Waals surface area contributed by atoms with E-state index in [1.807, 2.05) is 0 Å². The van der Waals surface area contributed by atoms with E-state index < -0.39 is 24.9 Å². The number of hydrogen-bond donors (Lipinski definition) is 2. The van der Waals surface area contributed by atoms with Crippen molar-refractivity contribution in [2.24, 2.45) is 0 Å². The van der Waals surface area contributed by atoms with Crippen molar-refractivity contribution >= 4 is 31.2 Å². The van der Waals surface area contributed by atoms with Crippen molar-refractivity contribution in [2.45, 2.75) is 0 Å². The summed E-state index contributed by atoms with van der Waals surface area (Å²) in [6, 6.07) is 4.33. The van der Waals surface area contributed by atoms with Gasteiger partial charge >= 0.3 is 0 Å². The molecule has 0 aliphatic heterocycles. The van der Waals surface area contributed by atoms with Crippen molar-refractivity contribution in [3.05, 3.63) is 18.2 Å². The van der Waals surface area contributed by atoms with Crippen LogP contribution in [0.4, 0.5) is 11.4 Å². The van der Waals surface area contributed by atoms with Crippen LogP contribution in [0.15, 0.2) is 18.2 Å². The molecule has 0 saturated carbocycles. The van der Waals surface area contributed by atoms with Crippen LogP contribution >= 0.6 is 0 Å². The van der Waals surface area contributed by atoms with Crippen molar-refractivity contribution in [3.63, 3.8) is 0 Å². The van der Waals surface area contributed by atoms with E-state index in [2.05, 4.69) is 4.72 Å². The molecule has 0 aliphatic carbocycles. The Labute approximate surface area is 106 Å². The minimum Gasteiger partial charge on any atom is -0.497 e. The third-order valence-electron chi connectivity index (χ3n) is 1.89. The number of methoxy groups -OCH3 is 1. The summed E-state index contributed by atoms with van der Waals surface area (Å²) in [6.45, 7) is 0. The summed E-state index contributed by atoms with van der Waals surface area (Å²) < 4.78 is 52.0. The second-order valence-electron chi connectivity index (χ2n) is 3.71. The van der Waals surface area contributed by atoms with Crippen molar-refractivity contribution in [2.75, 3.05) is 28.9 Å². The lowest BCUT2D eigenvalue weighted by molar-refractivity contribution is 0.415. The number of sulfone groups is 1. The molecule has 9 heteroatoms. The molecule has 3 N–H and O–H groups in total. The third-order valence-corrected chi connectivity index (χ3v) is 5.38. The van der Waals surface area contributed by atoms with Gasteiger partial charge in [0, 0.05) is 12.3 Å². The number of rotatable bonds is 5.